The van der Waals surface area contributed by atoms with E-state index in [0.29, 0.717) is 23.3 Å². The molecule has 0 aromatic carbocycles. The Labute approximate surface area is 136 Å². The fraction of sp³-hybridized carbons (Fsp3) is 0.500. The van der Waals surface area contributed by atoms with Gasteiger partial charge >= 0.3 is 11.8 Å². The lowest BCUT2D eigenvalue weighted by atomic mass is 10.1. The van der Waals surface area contributed by atoms with Crippen LogP contribution in [0, 0.1) is 0 Å². The molecule has 2 aromatic rings. The lowest BCUT2D eigenvalue weighted by Gasteiger charge is -2.10. The number of hydrogen-bond donors (Lipinski definition) is 2. The molecule has 0 spiro atoms. The van der Waals surface area contributed by atoms with Gasteiger partial charge in [-0.3, -0.25) is 14.9 Å². The second kappa shape index (κ2) is 5.41. The molecule has 120 valence electrons. The third kappa shape index (κ3) is 2.72. The van der Waals surface area contributed by atoms with Crippen molar-refractivity contribution in [1.29, 1.82) is 0 Å². The van der Waals surface area contributed by atoms with Gasteiger partial charge in [-0.25, -0.2) is 14.6 Å². The Balaban J connectivity index is 1.38. The van der Waals surface area contributed by atoms with Gasteiger partial charge in [0.15, 0.2) is 5.13 Å². The first-order valence-corrected chi connectivity index (χ1v) is 8.46. The summed E-state index contributed by atoms with van der Waals surface area (Å²) in [5, 5.41) is 11.8. The molecule has 2 aromatic heterocycles. The van der Waals surface area contributed by atoms with Crippen molar-refractivity contribution >= 4 is 28.3 Å². The van der Waals surface area contributed by atoms with E-state index in [9.17, 15) is 9.59 Å². The third-order valence-corrected chi connectivity index (χ3v) is 4.93. The molecular weight excluding hydrogens is 316 g/mol. The Hall–Kier alpha value is -2.29. The topological polar surface area (TPSA) is 102 Å². The predicted molar refractivity (Wildman–Crippen MR) is 83.0 cm³/mol. The van der Waals surface area contributed by atoms with E-state index in [1.165, 1.54) is 17.7 Å². The van der Waals surface area contributed by atoms with Crippen LogP contribution < -0.4 is 10.6 Å². The van der Waals surface area contributed by atoms with E-state index in [-0.39, 0.29) is 12.1 Å². The van der Waals surface area contributed by atoms with Gasteiger partial charge in [0, 0.05) is 11.3 Å². The van der Waals surface area contributed by atoms with Crippen molar-refractivity contribution in [2.75, 3.05) is 5.32 Å². The van der Waals surface area contributed by atoms with Crippen molar-refractivity contribution in [2.45, 2.75) is 44.2 Å². The normalized spacial score (nSPS) is 22.7. The highest BCUT2D eigenvalue weighted by Gasteiger charge is 2.33. The average Bonchev–Trinajstić information content (AvgIpc) is 2.96. The minimum Gasteiger partial charge on any atom is -0.338 e. The molecular formula is C14H16N6O2S. The number of anilines is 1. The first-order chi connectivity index (χ1) is 11.1. The van der Waals surface area contributed by atoms with Crippen molar-refractivity contribution in [3.63, 3.8) is 0 Å². The molecule has 2 aliphatic rings. The smallest absolute Gasteiger partial charge is 0.315 e. The quantitative estimate of drug-likeness (QED) is 0.827. The van der Waals surface area contributed by atoms with Crippen molar-refractivity contribution < 1.29 is 9.59 Å². The SMILES string of the molecule is CC1CC(NC(=O)C(=O)Nc2nc(C3CC3)cs2)c2ncnn21. The van der Waals surface area contributed by atoms with Gasteiger partial charge in [0.05, 0.1) is 17.8 Å². The Kier molecular flexibility index (Phi) is 3.37. The molecule has 2 N–H and O–H groups in total. The summed E-state index contributed by atoms with van der Waals surface area (Å²) >= 11 is 1.35. The number of nitrogens with one attached hydrogen (secondary N) is 2. The fourth-order valence-electron chi connectivity index (χ4n) is 2.81. The van der Waals surface area contributed by atoms with Crippen LogP contribution in [0.5, 0.6) is 0 Å². The molecule has 9 heteroatoms. The predicted octanol–water partition coefficient (Wildman–Crippen LogP) is 1.37. The van der Waals surface area contributed by atoms with Crippen LogP contribution in [0.3, 0.4) is 0 Å². The van der Waals surface area contributed by atoms with Gasteiger partial charge in [-0.1, -0.05) is 0 Å². The molecule has 2 unspecified atom stereocenters. The molecule has 2 amide bonds. The van der Waals surface area contributed by atoms with E-state index in [0.717, 1.165) is 18.5 Å². The fourth-order valence-corrected chi connectivity index (χ4v) is 3.59. The molecule has 3 heterocycles. The summed E-state index contributed by atoms with van der Waals surface area (Å²) in [4.78, 5) is 32.6. The van der Waals surface area contributed by atoms with Crippen LogP contribution in [0.1, 0.15) is 55.7 Å². The zero-order valence-corrected chi connectivity index (χ0v) is 13.3. The molecule has 4 rings (SSSR count). The second-order valence-electron chi connectivity index (χ2n) is 5.98. The number of carbonyl (C=O) groups excluding carboxylic acids is 2. The molecule has 0 radical (unpaired) electrons. The summed E-state index contributed by atoms with van der Waals surface area (Å²) < 4.78 is 1.77. The first kappa shape index (κ1) is 14.3. The lowest BCUT2D eigenvalue weighted by molar-refractivity contribution is -0.136. The molecule has 23 heavy (non-hydrogen) atoms. The number of amides is 2. The van der Waals surface area contributed by atoms with E-state index in [4.69, 9.17) is 0 Å². The second-order valence-corrected chi connectivity index (χ2v) is 6.84. The van der Waals surface area contributed by atoms with Crippen molar-refractivity contribution in [3.8, 4) is 0 Å². The lowest BCUT2D eigenvalue weighted by Crippen LogP contribution is -2.37. The molecule has 8 nitrogen and oxygen atoms in total. The average molecular weight is 332 g/mol. The van der Waals surface area contributed by atoms with Crippen LogP contribution in [0.4, 0.5) is 5.13 Å². The van der Waals surface area contributed by atoms with Crippen molar-refractivity contribution in [1.82, 2.24) is 25.1 Å². The number of carbonyl (C=O) groups is 2. The molecule has 0 bridgehead atoms. The van der Waals surface area contributed by atoms with Gasteiger partial charge in [-0.15, -0.1) is 11.3 Å². The van der Waals surface area contributed by atoms with Crippen LogP contribution in [0.2, 0.25) is 0 Å². The zero-order chi connectivity index (χ0) is 16.0. The summed E-state index contributed by atoms with van der Waals surface area (Å²) in [7, 11) is 0. The highest BCUT2D eigenvalue weighted by Crippen LogP contribution is 2.40. The molecule has 0 saturated heterocycles. The summed E-state index contributed by atoms with van der Waals surface area (Å²) in [6.45, 7) is 2.00. The monoisotopic (exact) mass is 332 g/mol. The highest BCUT2D eigenvalue weighted by molar-refractivity contribution is 7.14. The van der Waals surface area contributed by atoms with E-state index < -0.39 is 11.8 Å². The number of nitrogens with zero attached hydrogens (tertiary/aromatic N) is 4. The number of aromatic nitrogens is 4. The summed E-state index contributed by atoms with van der Waals surface area (Å²) in [6.07, 6.45) is 4.44. The summed E-state index contributed by atoms with van der Waals surface area (Å²) in [5.41, 5.74) is 1.00. The van der Waals surface area contributed by atoms with Crippen LogP contribution in [-0.4, -0.2) is 31.6 Å². The minimum absolute atomic E-state index is 0.154. The van der Waals surface area contributed by atoms with E-state index in [2.05, 4.69) is 25.7 Å². The van der Waals surface area contributed by atoms with Gasteiger partial charge in [0.25, 0.3) is 0 Å². The van der Waals surface area contributed by atoms with Gasteiger partial charge < -0.3 is 5.32 Å². The van der Waals surface area contributed by atoms with Crippen LogP contribution in [0.15, 0.2) is 11.7 Å². The van der Waals surface area contributed by atoms with Crippen LogP contribution in [0.25, 0.3) is 0 Å². The van der Waals surface area contributed by atoms with Crippen molar-refractivity contribution in [2.24, 2.45) is 0 Å². The molecule has 1 saturated carbocycles. The number of fused-ring (bicyclic) bond motifs is 1. The molecule has 1 aliphatic carbocycles. The highest BCUT2D eigenvalue weighted by atomic mass is 32.1. The third-order valence-electron chi connectivity index (χ3n) is 4.16. The zero-order valence-electron chi connectivity index (χ0n) is 12.5. The summed E-state index contributed by atoms with van der Waals surface area (Å²) in [6, 6.07) is -0.134. The van der Waals surface area contributed by atoms with E-state index >= 15 is 0 Å². The number of hydrogen-bond acceptors (Lipinski definition) is 6. The maximum absolute atomic E-state index is 12.1. The molecule has 1 aliphatic heterocycles. The van der Waals surface area contributed by atoms with Gasteiger partial charge in [-0.2, -0.15) is 5.10 Å². The Morgan fingerprint density at radius 3 is 2.96 bits per heavy atom. The van der Waals surface area contributed by atoms with Crippen LogP contribution in [-0.2, 0) is 9.59 Å². The molecule has 2 atom stereocenters. The van der Waals surface area contributed by atoms with E-state index in [1.807, 2.05) is 12.3 Å². The van der Waals surface area contributed by atoms with Crippen LogP contribution >= 0.6 is 11.3 Å². The minimum atomic E-state index is -0.702. The number of rotatable bonds is 3. The number of thiazole rings is 1. The van der Waals surface area contributed by atoms with Gasteiger partial charge in [0.2, 0.25) is 0 Å². The Morgan fingerprint density at radius 1 is 1.35 bits per heavy atom. The Morgan fingerprint density at radius 2 is 2.17 bits per heavy atom. The largest absolute Gasteiger partial charge is 0.338 e. The van der Waals surface area contributed by atoms with Gasteiger partial charge in [0.1, 0.15) is 12.2 Å². The van der Waals surface area contributed by atoms with Gasteiger partial charge in [-0.05, 0) is 26.2 Å². The van der Waals surface area contributed by atoms with E-state index in [1.54, 1.807) is 4.68 Å². The standard InChI is InChI=1S/C14H16N6O2S/c1-7-4-9(11-15-6-16-20(7)11)17-12(21)13(22)19-14-18-10(5-23-14)8-2-3-8/h5-9H,2-4H2,1H3,(H,17,21)(H,18,19,22). The first-order valence-electron chi connectivity index (χ1n) is 7.58. The molecule has 1 fully saturated rings. The Bertz CT molecular complexity index is 765. The van der Waals surface area contributed by atoms with Crippen molar-refractivity contribution in [3.05, 3.63) is 23.2 Å². The maximum atomic E-state index is 12.1. The maximum Gasteiger partial charge on any atom is 0.315 e. The summed E-state index contributed by atoms with van der Waals surface area (Å²) in [5.74, 6) is -0.171.